The number of amides is 2. The van der Waals surface area contributed by atoms with Crippen molar-refractivity contribution in [2.24, 2.45) is 0 Å². The number of carbonyl (C=O) groups excluding carboxylic acids is 1. The fraction of sp³-hybridized carbons (Fsp3) is 0.533. The first kappa shape index (κ1) is 15.7. The van der Waals surface area contributed by atoms with Gasteiger partial charge in [-0.1, -0.05) is 30.3 Å². The maximum atomic E-state index is 12.1. The molecule has 0 bridgehead atoms. The lowest BCUT2D eigenvalue weighted by Crippen LogP contribution is -2.50. The summed E-state index contributed by atoms with van der Waals surface area (Å²) in [5, 5.41) is 2.23. The average Bonchev–Trinajstić information content (AvgIpc) is 2.52. The maximum Gasteiger partial charge on any atom is 0.317 e. The molecule has 0 saturated carbocycles. The number of hydrogen-bond acceptors (Lipinski definition) is 2. The number of alkyl halides is 2. The number of ether oxygens (including phenoxy) is 1. The monoisotopic (exact) mass is 298 g/mol. The van der Waals surface area contributed by atoms with Gasteiger partial charge in [0, 0.05) is 13.1 Å². The Labute approximate surface area is 123 Å². The summed E-state index contributed by atoms with van der Waals surface area (Å²) in [4.78, 5) is 13.3. The minimum atomic E-state index is -2.52. The van der Waals surface area contributed by atoms with Gasteiger partial charge in [0.05, 0.1) is 19.3 Å². The molecule has 1 atom stereocenters. The third kappa shape index (κ3) is 5.30. The highest BCUT2D eigenvalue weighted by molar-refractivity contribution is 5.74. The van der Waals surface area contributed by atoms with Crippen LogP contribution in [0, 0.1) is 0 Å². The first-order chi connectivity index (χ1) is 10.1. The Morgan fingerprint density at radius 1 is 1.38 bits per heavy atom. The molecule has 1 aromatic rings. The van der Waals surface area contributed by atoms with Crippen LogP contribution in [0.3, 0.4) is 0 Å². The number of nitrogens with zero attached hydrogens (tertiary/aromatic N) is 1. The molecule has 21 heavy (non-hydrogen) atoms. The largest absolute Gasteiger partial charge is 0.375 e. The van der Waals surface area contributed by atoms with E-state index in [1.54, 1.807) is 4.90 Å². The number of urea groups is 1. The Balaban J connectivity index is 1.76. The van der Waals surface area contributed by atoms with E-state index in [-0.39, 0.29) is 6.10 Å². The van der Waals surface area contributed by atoms with Crippen LogP contribution < -0.4 is 5.32 Å². The van der Waals surface area contributed by atoms with E-state index in [1.807, 2.05) is 18.2 Å². The third-order valence-electron chi connectivity index (χ3n) is 3.43. The van der Waals surface area contributed by atoms with Crippen LogP contribution in [0.2, 0.25) is 0 Å². The van der Waals surface area contributed by atoms with E-state index in [9.17, 15) is 13.6 Å². The van der Waals surface area contributed by atoms with Gasteiger partial charge >= 0.3 is 6.03 Å². The number of morpholine rings is 1. The smallest absolute Gasteiger partial charge is 0.317 e. The molecule has 1 N–H and O–H groups in total. The quantitative estimate of drug-likeness (QED) is 0.906. The Morgan fingerprint density at radius 3 is 2.86 bits per heavy atom. The van der Waals surface area contributed by atoms with Gasteiger partial charge in [0.1, 0.15) is 0 Å². The summed E-state index contributed by atoms with van der Waals surface area (Å²) < 4.78 is 29.8. The molecule has 2 amide bonds. The average molecular weight is 298 g/mol. The summed E-state index contributed by atoms with van der Waals surface area (Å²) in [5.41, 5.74) is 1.22. The second-order valence-corrected chi connectivity index (χ2v) is 5.04. The molecule has 1 fully saturated rings. The predicted octanol–water partition coefficient (Wildman–Crippen LogP) is 2.29. The summed E-state index contributed by atoms with van der Waals surface area (Å²) in [5.74, 6) is 0. The third-order valence-corrected chi connectivity index (χ3v) is 3.43. The molecule has 2 rings (SSSR count). The lowest BCUT2D eigenvalue weighted by molar-refractivity contribution is -0.0180. The zero-order chi connectivity index (χ0) is 15.1. The molecule has 1 aliphatic heterocycles. The molecule has 6 heteroatoms. The maximum absolute atomic E-state index is 12.1. The number of rotatable bonds is 5. The second kappa shape index (κ2) is 7.93. The van der Waals surface area contributed by atoms with Gasteiger partial charge in [0.15, 0.2) is 0 Å². The van der Waals surface area contributed by atoms with Crippen molar-refractivity contribution >= 4 is 6.03 Å². The van der Waals surface area contributed by atoms with Crippen molar-refractivity contribution in [2.75, 3.05) is 26.2 Å². The molecule has 4 nitrogen and oxygen atoms in total. The van der Waals surface area contributed by atoms with Crippen molar-refractivity contribution in [3.8, 4) is 0 Å². The van der Waals surface area contributed by atoms with Crippen LogP contribution in [-0.4, -0.2) is 49.7 Å². The molecule has 1 aromatic carbocycles. The first-order valence-corrected chi connectivity index (χ1v) is 7.11. The Bertz CT molecular complexity index is 443. The number of carbonyl (C=O) groups is 1. The lowest BCUT2D eigenvalue weighted by atomic mass is 10.1. The van der Waals surface area contributed by atoms with Gasteiger partial charge in [-0.05, 0) is 18.4 Å². The van der Waals surface area contributed by atoms with Crippen LogP contribution in [0.15, 0.2) is 30.3 Å². The highest BCUT2D eigenvalue weighted by atomic mass is 19.3. The van der Waals surface area contributed by atoms with E-state index in [0.717, 1.165) is 12.8 Å². The van der Waals surface area contributed by atoms with Crippen LogP contribution in [0.1, 0.15) is 12.0 Å². The molecule has 116 valence electrons. The van der Waals surface area contributed by atoms with Crippen LogP contribution >= 0.6 is 0 Å². The molecular weight excluding hydrogens is 278 g/mol. The molecule has 0 radical (unpaired) electrons. The number of nitrogens with one attached hydrogen (secondary N) is 1. The van der Waals surface area contributed by atoms with Crippen LogP contribution in [0.5, 0.6) is 0 Å². The summed E-state index contributed by atoms with van der Waals surface area (Å²) in [7, 11) is 0. The SMILES string of the molecule is O=C(NCC(F)F)N1CCO[C@H](CCc2ccccc2)C1. The lowest BCUT2D eigenvalue weighted by Gasteiger charge is -2.33. The van der Waals surface area contributed by atoms with E-state index in [2.05, 4.69) is 17.4 Å². The normalized spacial score (nSPS) is 18.8. The highest BCUT2D eigenvalue weighted by Gasteiger charge is 2.24. The predicted molar refractivity (Wildman–Crippen MR) is 75.5 cm³/mol. The number of aryl methyl sites for hydroxylation is 1. The van der Waals surface area contributed by atoms with Gasteiger partial charge in [-0.15, -0.1) is 0 Å². The summed E-state index contributed by atoms with van der Waals surface area (Å²) in [6.07, 6.45) is -0.888. The number of halogens is 2. The van der Waals surface area contributed by atoms with Gasteiger partial charge in [-0.25, -0.2) is 13.6 Å². The number of hydrogen-bond donors (Lipinski definition) is 1. The van der Waals surface area contributed by atoms with Gasteiger partial charge in [0.25, 0.3) is 6.43 Å². The van der Waals surface area contributed by atoms with E-state index in [4.69, 9.17) is 4.74 Å². The standard InChI is InChI=1S/C15H20F2N2O2/c16-14(17)10-18-15(20)19-8-9-21-13(11-19)7-6-12-4-2-1-3-5-12/h1-5,13-14H,6-11H2,(H,18,20)/t13-/m1/s1. The van der Waals surface area contributed by atoms with E-state index in [1.165, 1.54) is 5.56 Å². The second-order valence-electron chi connectivity index (χ2n) is 5.04. The van der Waals surface area contributed by atoms with Crippen molar-refractivity contribution in [2.45, 2.75) is 25.4 Å². The minimum Gasteiger partial charge on any atom is -0.375 e. The minimum absolute atomic E-state index is 0.0451. The zero-order valence-electron chi connectivity index (χ0n) is 11.8. The van der Waals surface area contributed by atoms with Crippen molar-refractivity contribution in [1.82, 2.24) is 10.2 Å². The van der Waals surface area contributed by atoms with E-state index < -0.39 is 19.0 Å². The first-order valence-electron chi connectivity index (χ1n) is 7.11. The summed E-state index contributed by atoms with van der Waals surface area (Å²) in [6.45, 7) is 0.727. The topological polar surface area (TPSA) is 41.6 Å². The molecule has 1 aliphatic rings. The zero-order valence-corrected chi connectivity index (χ0v) is 11.8. The molecule has 0 unspecified atom stereocenters. The van der Waals surface area contributed by atoms with Gasteiger partial charge < -0.3 is 15.0 Å². The van der Waals surface area contributed by atoms with Crippen molar-refractivity contribution in [3.63, 3.8) is 0 Å². The summed E-state index contributed by atoms with van der Waals surface area (Å²) >= 11 is 0. The molecule has 0 spiro atoms. The van der Waals surface area contributed by atoms with Crippen LogP contribution in [0.25, 0.3) is 0 Å². The molecular formula is C15H20F2N2O2. The highest BCUT2D eigenvalue weighted by Crippen LogP contribution is 2.12. The van der Waals surface area contributed by atoms with Crippen molar-refractivity contribution in [3.05, 3.63) is 35.9 Å². The van der Waals surface area contributed by atoms with Crippen LogP contribution in [0.4, 0.5) is 13.6 Å². The van der Waals surface area contributed by atoms with E-state index in [0.29, 0.717) is 19.7 Å². The van der Waals surface area contributed by atoms with Gasteiger partial charge in [0.2, 0.25) is 0 Å². The summed E-state index contributed by atoms with van der Waals surface area (Å²) in [6, 6.07) is 9.60. The van der Waals surface area contributed by atoms with Crippen molar-refractivity contribution in [1.29, 1.82) is 0 Å². The Morgan fingerprint density at radius 2 is 2.14 bits per heavy atom. The fourth-order valence-corrected chi connectivity index (χ4v) is 2.33. The Kier molecular flexibility index (Phi) is 5.92. The van der Waals surface area contributed by atoms with Crippen molar-refractivity contribution < 1.29 is 18.3 Å². The fourth-order valence-electron chi connectivity index (χ4n) is 2.33. The van der Waals surface area contributed by atoms with Gasteiger partial charge in [-0.2, -0.15) is 0 Å². The van der Waals surface area contributed by atoms with Crippen LogP contribution in [-0.2, 0) is 11.2 Å². The molecule has 0 aromatic heterocycles. The molecule has 1 saturated heterocycles. The van der Waals surface area contributed by atoms with E-state index >= 15 is 0 Å². The number of benzene rings is 1. The van der Waals surface area contributed by atoms with Gasteiger partial charge in [-0.3, -0.25) is 0 Å². The molecule has 1 heterocycles. The molecule has 0 aliphatic carbocycles. The Hall–Kier alpha value is -1.69.